The molecule has 3 heterocycles. The average Bonchev–Trinajstić information content (AvgIpc) is 2.61. The lowest BCUT2D eigenvalue weighted by molar-refractivity contribution is 0.176. The predicted molar refractivity (Wildman–Crippen MR) is 47.3 cm³/mol. The SMILES string of the molecule is O=C1OCC2COc3cccnc3N12. The molecule has 1 saturated heterocycles. The van der Waals surface area contributed by atoms with Crippen LogP contribution in [0.3, 0.4) is 0 Å². The number of hydrogen-bond acceptors (Lipinski definition) is 4. The van der Waals surface area contributed by atoms with Crippen molar-refractivity contribution in [2.75, 3.05) is 18.1 Å². The van der Waals surface area contributed by atoms with Crippen molar-refractivity contribution < 1.29 is 14.3 Å². The van der Waals surface area contributed by atoms with Crippen molar-refractivity contribution in [2.45, 2.75) is 6.04 Å². The monoisotopic (exact) mass is 192 g/mol. The van der Waals surface area contributed by atoms with Crippen LogP contribution in [0.15, 0.2) is 18.3 Å². The number of rotatable bonds is 0. The summed E-state index contributed by atoms with van der Waals surface area (Å²) in [6.45, 7) is 0.860. The number of hydrogen-bond donors (Lipinski definition) is 0. The van der Waals surface area contributed by atoms with Crippen molar-refractivity contribution >= 4 is 11.9 Å². The minimum absolute atomic E-state index is 0.0232. The molecule has 5 nitrogen and oxygen atoms in total. The van der Waals surface area contributed by atoms with Gasteiger partial charge in [-0.1, -0.05) is 0 Å². The summed E-state index contributed by atoms with van der Waals surface area (Å²) in [5, 5.41) is 0. The molecule has 0 radical (unpaired) electrons. The largest absolute Gasteiger partial charge is 0.487 e. The molecule has 1 atom stereocenters. The fraction of sp³-hybridized carbons (Fsp3) is 0.333. The maximum absolute atomic E-state index is 11.4. The predicted octanol–water partition coefficient (Wildman–Crippen LogP) is 0.799. The van der Waals surface area contributed by atoms with E-state index in [9.17, 15) is 4.79 Å². The van der Waals surface area contributed by atoms with E-state index in [1.807, 2.05) is 0 Å². The first-order valence-corrected chi connectivity index (χ1v) is 4.40. The number of carbonyl (C=O) groups is 1. The van der Waals surface area contributed by atoms with E-state index < -0.39 is 0 Å². The van der Waals surface area contributed by atoms with E-state index in [0.717, 1.165) is 0 Å². The van der Waals surface area contributed by atoms with Crippen LogP contribution in [-0.2, 0) is 4.74 Å². The zero-order chi connectivity index (χ0) is 9.54. The highest BCUT2D eigenvalue weighted by Crippen LogP contribution is 2.33. The minimum atomic E-state index is -0.335. The summed E-state index contributed by atoms with van der Waals surface area (Å²) in [6.07, 6.45) is 1.30. The second-order valence-electron chi connectivity index (χ2n) is 3.24. The summed E-state index contributed by atoms with van der Waals surface area (Å²) in [7, 11) is 0. The highest BCUT2D eigenvalue weighted by atomic mass is 16.6. The second kappa shape index (κ2) is 2.60. The molecule has 0 N–H and O–H groups in total. The topological polar surface area (TPSA) is 51.7 Å². The van der Waals surface area contributed by atoms with Crippen molar-refractivity contribution in [2.24, 2.45) is 0 Å². The summed E-state index contributed by atoms with van der Waals surface area (Å²) < 4.78 is 10.4. The Morgan fingerprint density at radius 2 is 2.29 bits per heavy atom. The number of pyridine rings is 1. The van der Waals surface area contributed by atoms with Crippen LogP contribution < -0.4 is 9.64 Å². The lowest BCUT2D eigenvalue weighted by atomic mass is 10.2. The summed E-state index contributed by atoms with van der Waals surface area (Å²) >= 11 is 0. The van der Waals surface area contributed by atoms with Crippen LogP contribution in [0.5, 0.6) is 5.75 Å². The Morgan fingerprint density at radius 1 is 1.43 bits per heavy atom. The average molecular weight is 192 g/mol. The van der Waals surface area contributed by atoms with Gasteiger partial charge in [0.05, 0.1) is 0 Å². The number of aromatic nitrogens is 1. The molecule has 72 valence electrons. The van der Waals surface area contributed by atoms with Crippen molar-refractivity contribution in [3.63, 3.8) is 0 Å². The Kier molecular flexibility index (Phi) is 1.41. The quantitative estimate of drug-likeness (QED) is 0.610. The van der Waals surface area contributed by atoms with Gasteiger partial charge in [0.25, 0.3) is 0 Å². The van der Waals surface area contributed by atoms with Crippen LogP contribution in [0.1, 0.15) is 0 Å². The summed E-state index contributed by atoms with van der Waals surface area (Å²) in [5.74, 6) is 1.20. The summed E-state index contributed by atoms with van der Waals surface area (Å²) in [4.78, 5) is 17.0. The van der Waals surface area contributed by atoms with Gasteiger partial charge in [0.2, 0.25) is 0 Å². The first-order chi connectivity index (χ1) is 6.86. The van der Waals surface area contributed by atoms with Crippen molar-refractivity contribution in [1.29, 1.82) is 0 Å². The third-order valence-corrected chi connectivity index (χ3v) is 2.37. The molecule has 1 unspecified atom stereocenters. The first kappa shape index (κ1) is 7.61. The van der Waals surface area contributed by atoms with Crippen LogP contribution >= 0.6 is 0 Å². The van der Waals surface area contributed by atoms with Gasteiger partial charge in [-0.15, -0.1) is 0 Å². The Bertz CT molecular complexity index is 393. The maximum Gasteiger partial charge on any atom is 0.416 e. The van der Waals surface area contributed by atoms with Crippen molar-refractivity contribution in [3.8, 4) is 5.75 Å². The molecule has 0 aliphatic carbocycles. The normalized spacial score (nSPS) is 23.6. The van der Waals surface area contributed by atoms with Crippen LogP contribution in [0.25, 0.3) is 0 Å². The molecule has 0 saturated carbocycles. The van der Waals surface area contributed by atoms with Gasteiger partial charge < -0.3 is 9.47 Å². The van der Waals surface area contributed by atoms with Crippen LogP contribution in [0.4, 0.5) is 10.6 Å². The molecule has 0 bridgehead atoms. The zero-order valence-electron chi connectivity index (χ0n) is 7.34. The Hall–Kier alpha value is -1.78. The van der Waals surface area contributed by atoms with E-state index in [1.54, 1.807) is 23.2 Å². The lowest BCUT2D eigenvalue weighted by Crippen LogP contribution is -2.41. The molecule has 3 rings (SSSR count). The zero-order valence-corrected chi connectivity index (χ0v) is 7.34. The summed E-state index contributed by atoms with van der Waals surface area (Å²) in [6, 6.07) is 3.55. The van der Waals surface area contributed by atoms with Gasteiger partial charge in [0, 0.05) is 6.20 Å². The molecule has 0 aromatic carbocycles. The Balaban J connectivity index is 2.11. The molecule has 2 aliphatic heterocycles. The van der Waals surface area contributed by atoms with Crippen molar-refractivity contribution in [1.82, 2.24) is 4.98 Å². The number of nitrogens with zero attached hydrogens (tertiary/aromatic N) is 2. The van der Waals surface area contributed by atoms with E-state index in [1.165, 1.54) is 0 Å². The number of carbonyl (C=O) groups excluding carboxylic acids is 1. The summed E-state index contributed by atoms with van der Waals surface area (Å²) in [5.41, 5.74) is 0. The Morgan fingerprint density at radius 3 is 3.21 bits per heavy atom. The lowest BCUT2D eigenvalue weighted by Gasteiger charge is -2.27. The molecule has 5 heteroatoms. The number of fused-ring (bicyclic) bond motifs is 3. The van der Waals surface area contributed by atoms with Crippen molar-refractivity contribution in [3.05, 3.63) is 18.3 Å². The Labute approximate surface area is 80.2 Å². The van der Waals surface area contributed by atoms with Gasteiger partial charge in [-0.2, -0.15) is 0 Å². The maximum atomic E-state index is 11.4. The highest BCUT2D eigenvalue weighted by Gasteiger charge is 2.40. The number of amides is 1. The molecule has 1 aromatic rings. The van der Waals surface area contributed by atoms with Crippen LogP contribution in [0, 0.1) is 0 Å². The number of ether oxygens (including phenoxy) is 2. The third kappa shape index (κ3) is 0.891. The van der Waals surface area contributed by atoms with Crippen LogP contribution in [0.2, 0.25) is 0 Å². The smallest absolute Gasteiger partial charge is 0.416 e. The van der Waals surface area contributed by atoms with Gasteiger partial charge >= 0.3 is 6.09 Å². The molecular weight excluding hydrogens is 184 g/mol. The van der Waals surface area contributed by atoms with E-state index in [2.05, 4.69) is 4.98 Å². The molecule has 1 fully saturated rings. The highest BCUT2D eigenvalue weighted by molar-refractivity contribution is 5.91. The van der Waals surface area contributed by atoms with E-state index in [-0.39, 0.29) is 12.1 Å². The van der Waals surface area contributed by atoms with Gasteiger partial charge in [-0.3, -0.25) is 0 Å². The molecule has 0 spiro atoms. The van der Waals surface area contributed by atoms with E-state index in [0.29, 0.717) is 24.8 Å². The molecular formula is C9H8N2O3. The molecule has 14 heavy (non-hydrogen) atoms. The third-order valence-electron chi connectivity index (χ3n) is 2.37. The van der Waals surface area contributed by atoms with Gasteiger partial charge in [-0.25, -0.2) is 14.7 Å². The standard InChI is InChI=1S/C9H8N2O3/c12-9-11-6(5-14-9)4-13-7-2-1-3-10-8(7)11/h1-3,6H,4-5H2. The molecule has 1 aromatic heterocycles. The molecule has 2 aliphatic rings. The fourth-order valence-corrected chi connectivity index (χ4v) is 1.70. The molecule has 1 amide bonds. The first-order valence-electron chi connectivity index (χ1n) is 4.40. The van der Waals surface area contributed by atoms with Crippen LogP contribution in [-0.4, -0.2) is 30.3 Å². The van der Waals surface area contributed by atoms with E-state index in [4.69, 9.17) is 9.47 Å². The van der Waals surface area contributed by atoms with E-state index >= 15 is 0 Å². The van der Waals surface area contributed by atoms with Gasteiger partial charge in [0.1, 0.15) is 19.3 Å². The second-order valence-corrected chi connectivity index (χ2v) is 3.24. The minimum Gasteiger partial charge on any atom is -0.487 e. The van der Waals surface area contributed by atoms with Gasteiger partial charge in [-0.05, 0) is 12.1 Å². The fourth-order valence-electron chi connectivity index (χ4n) is 1.70. The van der Waals surface area contributed by atoms with Gasteiger partial charge in [0.15, 0.2) is 11.6 Å². The number of anilines is 1. The number of cyclic esters (lactones) is 1.